The average molecular weight is 269 g/mol. The second kappa shape index (κ2) is 6.07. The molecule has 1 aromatic carbocycles. The Labute approximate surface area is 111 Å². The van der Waals surface area contributed by atoms with Crippen LogP contribution in [-0.4, -0.2) is 25.6 Å². The Morgan fingerprint density at radius 1 is 1.56 bits per heavy atom. The summed E-state index contributed by atoms with van der Waals surface area (Å²) in [5, 5.41) is 3.67. The van der Waals surface area contributed by atoms with Crippen LogP contribution in [0.2, 0.25) is 5.02 Å². The predicted octanol–water partition coefficient (Wildman–Crippen LogP) is 1.82. The molecule has 1 heterocycles. The van der Waals surface area contributed by atoms with Crippen molar-refractivity contribution in [2.45, 2.75) is 12.8 Å². The van der Waals surface area contributed by atoms with Gasteiger partial charge in [0.15, 0.2) is 0 Å². The predicted molar refractivity (Wildman–Crippen MR) is 71.1 cm³/mol. The summed E-state index contributed by atoms with van der Waals surface area (Å²) in [6.45, 7) is 2.75. The molecule has 1 fully saturated rings. The number of hydrogen-bond acceptors (Lipinski definition) is 3. The van der Waals surface area contributed by atoms with Gasteiger partial charge >= 0.3 is 0 Å². The monoisotopic (exact) mass is 268 g/mol. The van der Waals surface area contributed by atoms with Gasteiger partial charge in [-0.05, 0) is 37.6 Å². The lowest BCUT2D eigenvalue weighted by Crippen LogP contribution is -2.33. The molecule has 0 saturated carbocycles. The quantitative estimate of drug-likeness (QED) is 0.875. The Morgan fingerprint density at radius 3 is 3.00 bits per heavy atom. The van der Waals surface area contributed by atoms with Crippen molar-refractivity contribution >= 4 is 17.5 Å². The van der Waals surface area contributed by atoms with E-state index in [-0.39, 0.29) is 0 Å². The summed E-state index contributed by atoms with van der Waals surface area (Å²) in [5.74, 6) is 0.687. The van der Waals surface area contributed by atoms with Crippen LogP contribution in [0, 0.1) is 5.92 Å². The maximum absolute atomic E-state index is 11.0. The fourth-order valence-electron chi connectivity index (χ4n) is 2.07. The molecule has 1 aliphatic heterocycles. The number of primary amides is 1. The minimum atomic E-state index is -0.525. The highest BCUT2D eigenvalue weighted by atomic mass is 35.5. The number of piperidine rings is 1. The van der Waals surface area contributed by atoms with Crippen LogP contribution < -0.4 is 15.8 Å². The number of nitrogens with two attached hydrogens (primary N) is 1. The summed E-state index contributed by atoms with van der Waals surface area (Å²) in [7, 11) is 0. The second-order valence-corrected chi connectivity index (χ2v) is 4.94. The third kappa shape index (κ3) is 3.37. The molecule has 0 bridgehead atoms. The van der Waals surface area contributed by atoms with Crippen LogP contribution in [0.25, 0.3) is 0 Å². The molecule has 18 heavy (non-hydrogen) atoms. The van der Waals surface area contributed by atoms with Crippen LogP contribution in [0.15, 0.2) is 18.2 Å². The number of benzene rings is 1. The lowest BCUT2D eigenvalue weighted by molar-refractivity contribution is 0.100. The van der Waals surface area contributed by atoms with Crippen LogP contribution in [0.5, 0.6) is 5.75 Å². The standard InChI is InChI=1S/C13H17ClN2O2/c14-12-6-10(3-4-11(12)13(15)17)18-8-9-2-1-5-16-7-9/h3-4,6,9,16H,1-2,5,7-8H2,(H2,15,17). The molecule has 4 nitrogen and oxygen atoms in total. The summed E-state index contributed by atoms with van der Waals surface area (Å²) in [6, 6.07) is 4.96. The van der Waals surface area contributed by atoms with Crippen molar-refractivity contribution in [1.29, 1.82) is 0 Å². The molecule has 1 aromatic rings. The maximum atomic E-state index is 11.0. The van der Waals surface area contributed by atoms with Crippen molar-refractivity contribution in [3.8, 4) is 5.75 Å². The highest BCUT2D eigenvalue weighted by Gasteiger charge is 2.14. The molecule has 1 unspecified atom stereocenters. The van der Waals surface area contributed by atoms with E-state index in [0.29, 0.717) is 28.9 Å². The van der Waals surface area contributed by atoms with Crippen LogP contribution in [0.3, 0.4) is 0 Å². The van der Waals surface area contributed by atoms with Crippen molar-refractivity contribution in [3.05, 3.63) is 28.8 Å². The van der Waals surface area contributed by atoms with Gasteiger partial charge in [0.1, 0.15) is 5.75 Å². The summed E-state index contributed by atoms with van der Waals surface area (Å²) < 4.78 is 5.68. The Balaban J connectivity index is 1.93. The first-order chi connectivity index (χ1) is 8.66. The van der Waals surface area contributed by atoms with E-state index in [1.807, 2.05) is 0 Å². The molecule has 1 atom stereocenters. The molecule has 0 radical (unpaired) electrons. The number of amides is 1. The van der Waals surface area contributed by atoms with E-state index < -0.39 is 5.91 Å². The zero-order valence-corrected chi connectivity index (χ0v) is 10.9. The van der Waals surface area contributed by atoms with Gasteiger partial charge in [-0.3, -0.25) is 4.79 Å². The molecule has 0 aromatic heterocycles. The molecular formula is C13H17ClN2O2. The van der Waals surface area contributed by atoms with Crippen molar-refractivity contribution in [1.82, 2.24) is 5.32 Å². The fraction of sp³-hybridized carbons (Fsp3) is 0.462. The van der Waals surface area contributed by atoms with Gasteiger partial charge in [-0.15, -0.1) is 0 Å². The summed E-state index contributed by atoms with van der Waals surface area (Å²) >= 11 is 5.95. The van der Waals surface area contributed by atoms with Crippen LogP contribution in [0.1, 0.15) is 23.2 Å². The summed E-state index contributed by atoms with van der Waals surface area (Å²) in [5.41, 5.74) is 5.51. The minimum absolute atomic E-state index is 0.323. The summed E-state index contributed by atoms with van der Waals surface area (Å²) in [4.78, 5) is 11.0. The number of rotatable bonds is 4. The van der Waals surface area contributed by atoms with Crippen molar-refractivity contribution < 1.29 is 9.53 Å². The highest BCUT2D eigenvalue weighted by molar-refractivity contribution is 6.33. The zero-order valence-electron chi connectivity index (χ0n) is 10.1. The Kier molecular flexibility index (Phi) is 4.44. The first-order valence-electron chi connectivity index (χ1n) is 6.09. The number of carbonyl (C=O) groups excluding carboxylic acids is 1. The van der Waals surface area contributed by atoms with E-state index in [0.717, 1.165) is 13.1 Å². The Morgan fingerprint density at radius 2 is 2.39 bits per heavy atom. The lowest BCUT2D eigenvalue weighted by atomic mass is 10.0. The van der Waals surface area contributed by atoms with Crippen molar-refractivity contribution in [3.63, 3.8) is 0 Å². The first-order valence-corrected chi connectivity index (χ1v) is 6.47. The molecule has 1 aliphatic rings. The zero-order chi connectivity index (χ0) is 13.0. The van der Waals surface area contributed by atoms with Crippen LogP contribution in [-0.2, 0) is 0 Å². The number of carbonyl (C=O) groups is 1. The maximum Gasteiger partial charge on any atom is 0.250 e. The molecule has 3 N–H and O–H groups in total. The van der Waals surface area contributed by atoms with Crippen molar-refractivity contribution in [2.75, 3.05) is 19.7 Å². The number of halogens is 1. The van der Waals surface area contributed by atoms with Crippen LogP contribution in [0.4, 0.5) is 0 Å². The van der Waals surface area contributed by atoms with E-state index in [1.165, 1.54) is 12.8 Å². The van der Waals surface area contributed by atoms with Gasteiger partial charge < -0.3 is 15.8 Å². The molecule has 1 amide bonds. The second-order valence-electron chi connectivity index (χ2n) is 4.53. The molecule has 0 spiro atoms. The van der Waals surface area contributed by atoms with E-state index in [4.69, 9.17) is 22.1 Å². The third-order valence-electron chi connectivity index (χ3n) is 3.09. The van der Waals surface area contributed by atoms with E-state index >= 15 is 0 Å². The van der Waals surface area contributed by atoms with Gasteiger partial charge in [0.05, 0.1) is 17.2 Å². The number of nitrogens with one attached hydrogen (secondary N) is 1. The Hall–Kier alpha value is -1.26. The van der Waals surface area contributed by atoms with Crippen molar-refractivity contribution in [2.24, 2.45) is 11.7 Å². The van der Waals surface area contributed by atoms with Gasteiger partial charge in [-0.1, -0.05) is 11.6 Å². The minimum Gasteiger partial charge on any atom is -0.493 e. The van der Waals surface area contributed by atoms with E-state index in [2.05, 4.69) is 5.32 Å². The largest absolute Gasteiger partial charge is 0.493 e. The molecular weight excluding hydrogens is 252 g/mol. The highest BCUT2D eigenvalue weighted by Crippen LogP contribution is 2.23. The third-order valence-corrected chi connectivity index (χ3v) is 3.40. The molecule has 2 rings (SSSR count). The fourth-order valence-corrected chi connectivity index (χ4v) is 2.33. The molecule has 98 valence electrons. The Bertz CT molecular complexity index is 431. The smallest absolute Gasteiger partial charge is 0.250 e. The number of hydrogen-bond donors (Lipinski definition) is 2. The van der Waals surface area contributed by atoms with Crippen LogP contribution >= 0.6 is 11.6 Å². The molecule has 1 saturated heterocycles. The average Bonchev–Trinajstić information content (AvgIpc) is 2.37. The normalized spacial score (nSPS) is 19.5. The topological polar surface area (TPSA) is 64.4 Å². The van der Waals surface area contributed by atoms with E-state index in [9.17, 15) is 4.79 Å². The van der Waals surface area contributed by atoms with Gasteiger partial charge in [0.2, 0.25) is 5.91 Å². The van der Waals surface area contributed by atoms with Gasteiger partial charge in [-0.2, -0.15) is 0 Å². The van der Waals surface area contributed by atoms with E-state index in [1.54, 1.807) is 18.2 Å². The van der Waals surface area contributed by atoms with Gasteiger partial charge in [0, 0.05) is 12.5 Å². The van der Waals surface area contributed by atoms with Gasteiger partial charge in [0.25, 0.3) is 0 Å². The summed E-state index contributed by atoms with van der Waals surface area (Å²) in [6.07, 6.45) is 2.37. The first kappa shape index (κ1) is 13.2. The molecule has 5 heteroatoms. The lowest BCUT2D eigenvalue weighted by Gasteiger charge is -2.22. The number of ether oxygens (including phenoxy) is 1. The van der Waals surface area contributed by atoms with Gasteiger partial charge in [-0.25, -0.2) is 0 Å². The SMILES string of the molecule is NC(=O)c1ccc(OCC2CCCNC2)cc1Cl. The molecule has 0 aliphatic carbocycles.